The number of nitrogens with one attached hydrogen (secondary N) is 2. The Morgan fingerprint density at radius 3 is 2.55 bits per heavy atom. The summed E-state index contributed by atoms with van der Waals surface area (Å²) in [6, 6.07) is 8.32. The predicted octanol–water partition coefficient (Wildman–Crippen LogP) is 2.43. The molecular formula is C24H38N6O. The zero-order valence-electron chi connectivity index (χ0n) is 19.0. The van der Waals surface area contributed by atoms with Crippen LogP contribution in [0, 0.1) is 0 Å². The first-order valence-corrected chi connectivity index (χ1v) is 10.8. The molecule has 0 saturated carbocycles. The second-order valence-corrected chi connectivity index (χ2v) is 8.19. The molecule has 0 amide bonds. The van der Waals surface area contributed by atoms with Crippen molar-refractivity contribution in [2.45, 2.75) is 37.8 Å². The molecule has 0 aromatic heterocycles. The molecule has 1 heterocycles. The number of nitrogens with zero attached hydrogens (tertiary/aromatic N) is 3. The van der Waals surface area contributed by atoms with Gasteiger partial charge in [-0.15, -0.1) is 6.58 Å². The van der Waals surface area contributed by atoms with Gasteiger partial charge in [0, 0.05) is 50.7 Å². The lowest BCUT2D eigenvalue weighted by Crippen LogP contribution is -2.43. The fraction of sp³-hybridized carbons (Fsp3) is 0.458. The van der Waals surface area contributed by atoms with Gasteiger partial charge in [0.2, 0.25) is 0 Å². The van der Waals surface area contributed by atoms with Gasteiger partial charge in [-0.1, -0.05) is 36.9 Å². The zero-order chi connectivity index (χ0) is 22.7. The summed E-state index contributed by atoms with van der Waals surface area (Å²) in [5, 5.41) is 19.3. The number of allylic oxidation sites excluding steroid dienone is 1. The van der Waals surface area contributed by atoms with Crippen LogP contribution in [0.25, 0.3) is 5.70 Å². The second kappa shape index (κ2) is 12.4. The Morgan fingerprint density at radius 1 is 1.29 bits per heavy atom. The van der Waals surface area contributed by atoms with Crippen LogP contribution in [0.1, 0.15) is 36.8 Å². The van der Waals surface area contributed by atoms with Crippen molar-refractivity contribution in [3.8, 4) is 0 Å². The molecule has 0 spiro atoms. The smallest absolute Gasteiger partial charge is 0.0920 e. The number of rotatable bonds is 12. The third kappa shape index (κ3) is 7.95. The Kier molecular flexibility index (Phi) is 9.94. The molecule has 1 saturated heterocycles. The van der Waals surface area contributed by atoms with Gasteiger partial charge in [-0.3, -0.25) is 0 Å². The highest BCUT2D eigenvalue weighted by Gasteiger charge is 2.31. The standard InChI is InChI=1S/C24H38N6O/c1-5-15-27-18-20-7-9-21(10-8-20)23(30(4)25)22(28-19-26-6-2)11-12-24(31)13-16-29(3)17-14-24/h5-10,19,27,31H,1-2,11-18,25H2,3-4H3,(H,26,28)/b23-22+. The number of hydrogen-bond donors (Lipinski definition) is 4. The molecule has 31 heavy (non-hydrogen) atoms. The van der Waals surface area contributed by atoms with E-state index in [1.165, 1.54) is 11.8 Å². The monoisotopic (exact) mass is 426 g/mol. The normalized spacial score (nSPS) is 17.3. The summed E-state index contributed by atoms with van der Waals surface area (Å²) < 4.78 is 0. The van der Waals surface area contributed by atoms with Crippen molar-refractivity contribution >= 4 is 12.0 Å². The third-order valence-electron chi connectivity index (χ3n) is 5.66. The number of piperidine rings is 1. The third-order valence-corrected chi connectivity index (χ3v) is 5.66. The fourth-order valence-corrected chi connectivity index (χ4v) is 3.76. The van der Waals surface area contributed by atoms with E-state index in [-0.39, 0.29) is 0 Å². The molecule has 1 aliphatic rings. The topological polar surface area (TPSA) is 89.2 Å². The van der Waals surface area contributed by atoms with Crippen LogP contribution in [-0.4, -0.2) is 60.7 Å². The van der Waals surface area contributed by atoms with Gasteiger partial charge in [-0.2, -0.15) is 0 Å². The number of hydrazine groups is 1. The lowest BCUT2D eigenvalue weighted by atomic mass is 9.86. The molecule has 0 unspecified atom stereocenters. The van der Waals surface area contributed by atoms with Gasteiger partial charge in [0.1, 0.15) is 0 Å². The average molecular weight is 427 g/mol. The van der Waals surface area contributed by atoms with Crippen molar-refractivity contribution < 1.29 is 5.11 Å². The van der Waals surface area contributed by atoms with Crippen LogP contribution < -0.4 is 16.5 Å². The van der Waals surface area contributed by atoms with E-state index in [2.05, 4.69) is 65.0 Å². The maximum Gasteiger partial charge on any atom is 0.0920 e. The number of aliphatic imine (C=N–C) groups is 1. The first-order chi connectivity index (χ1) is 14.9. The lowest BCUT2D eigenvalue weighted by molar-refractivity contribution is -0.0221. The Hall–Kier alpha value is -2.45. The van der Waals surface area contributed by atoms with Crippen molar-refractivity contribution in [3.05, 3.63) is 66.5 Å². The molecule has 0 bridgehead atoms. The van der Waals surface area contributed by atoms with Gasteiger partial charge in [-0.25, -0.2) is 10.8 Å². The highest BCUT2D eigenvalue weighted by molar-refractivity contribution is 5.71. The van der Waals surface area contributed by atoms with Crippen LogP contribution in [0.3, 0.4) is 0 Å². The Bertz CT molecular complexity index is 761. The summed E-state index contributed by atoms with van der Waals surface area (Å²) in [7, 11) is 3.92. The van der Waals surface area contributed by atoms with Crippen molar-refractivity contribution in [2.75, 3.05) is 33.7 Å². The molecule has 2 rings (SSSR count). The summed E-state index contributed by atoms with van der Waals surface area (Å²) in [4.78, 5) is 6.33. The van der Waals surface area contributed by atoms with Gasteiger partial charge in [0.25, 0.3) is 0 Å². The molecule has 7 heteroatoms. The van der Waals surface area contributed by atoms with E-state index >= 15 is 0 Å². The number of aliphatic hydroxyl groups is 1. The van der Waals surface area contributed by atoms with Crippen molar-refractivity contribution in [3.63, 3.8) is 0 Å². The molecule has 1 aromatic carbocycles. The van der Waals surface area contributed by atoms with Crippen molar-refractivity contribution in [1.29, 1.82) is 0 Å². The minimum atomic E-state index is -0.659. The molecule has 5 N–H and O–H groups in total. The maximum absolute atomic E-state index is 11.1. The first-order valence-electron chi connectivity index (χ1n) is 10.8. The highest BCUT2D eigenvalue weighted by atomic mass is 16.3. The van der Waals surface area contributed by atoms with Crippen LogP contribution in [0.5, 0.6) is 0 Å². The Morgan fingerprint density at radius 2 is 1.97 bits per heavy atom. The van der Waals surface area contributed by atoms with Crippen LogP contribution in [-0.2, 0) is 6.54 Å². The van der Waals surface area contributed by atoms with E-state index in [1.54, 1.807) is 11.3 Å². The lowest BCUT2D eigenvalue weighted by Gasteiger charge is -2.37. The molecule has 1 fully saturated rings. The van der Waals surface area contributed by atoms with E-state index in [4.69, 9.17) is 5.84 Å². The Labute approximate surface area is 187 Å². The van der Waals surface area contributed by atoms with E-state index in [9.17, 15) is 5.11 Å². The van der Waals surface area contributed by atoms with Gasteiger partial charge in [0.05, 0.1) is 17.6 Å². The molecule has 170 valence electrons. The summed E-state index contributed by atoms with van der Waals surface area (Å²) in [5.41, 5.74) is 3.32. The number of benzene rings is 1. The number of hydrogen-bond acceptors (Lipinski definition) is 6. The maximum atomic E-state index is 11.1. The predicted molar refractivity (Wildman–Crippen MR) is 130 cm³/mol. The summed E-state index contributed by atoms with van der Waals surface area (Å²) in [5.74, 6) is 6.25. The summed E-state index contributed by atoms with van der Waals surface area (Å²) in [6.45, 7) is 10.7. The van der Waals surface area contributed by atoms with Crippen LogP contribution in [0.2, 0.25) is 0 Å². The van der Waals surface area contributed by atoms with Crippen LogP contribution >= 0.6 is 0 Å². The van der Waals surface area contributed by atoms with Crippen molar-refractivity contribution in [1.82, 2.24) is 20.5 Å². The molecule has 7 nitrogen and oxygen atoms in total. The molecule has 1 aliphatic heterocycles. The molecule has 0 aliphatic carbocycles. The molecule has 0 atom stereocenters. The number of nitrogens with two attached hydrogens (primary N) is 1. The van der Waals surface area contributed by atoms with Crippen molar-refractivity contribution in [2.24, 2.45) is 10.8 Å². The van der Waals surface area contributed by atoms with Crippen LogP contribution in [0.4, 0.5) is 0 Å². The number of likely N-dealkylation sites (tertiary alicyclic amines) is 1. The zero-order valence-corrected chi connectivity index (χ0v) is 19.0. The molecule has 0 radical (unpaired) electrons. The fourth-order valence-electron chi connectivity index (χ4n) is 3.76. The minimum absolute atomic E-state index is 0.656. The summed E-state index contributed by atoms with van der Waals surface area (Å²) in [6.07, 6.45) is 7.80. The van der Waals surface area contributed by atoms with E-state index in [0.717, 1.165) is 56.0 Å². The Balaban J connectivity index is 2.25. The molecular weight excluding hydrogens is 388 g/mol. The highest BCUT2D eigenvalue weighted by Crippen LogP contribution is 2.30. The van der Waals surface area contributed by atoms with Gasteiger partial charge in [0.15, 0.2) is 0 Å². The van der Waals surface area contributed by atoms with E-state index in [1.807, 2.05) is 13.1 Å². The van der Waals surface area contributed by atoms with Crippen LogP contribution in [0.15, 0.2) is 60.4 Å². The van der Waals surface area contributed by atoms with Gasteiger partial charge >= 0.3 is 0 Å². The van der Waals surface area contributed by atoms with E-state index < -0.39 is 5.60 Å². The molecule has 1 aromatic rings. The minimum Gasteiger partial charge on any atom is -0.390 e. The largest absolute Gasteiger partial charge is 0.390 e. The van der Waals surface area contributed by atoms with Gasteiger partial charge in [-0.05, 0) is 38.3 Å². The SMILES string of the molecule is C=CCNCc1ccc(/C(=C(/CCC2(O)CCN(C)CC2)NC=NC=C)N(C)N)cc1. The average Bonchev–Trinajstić information content (AvgIpc) is 2.75. The second-order valence-electron chi connectivity index (χ2n) is 8.19. The first kappa shape index (κ1) is 24.8. The van der Waals surface area contributed by atoms with E-state index in [0.29, 0.717) is 12.8 Å². The summed E-state index contributed by atoms with van der Waals surface area (Å²) >= 11 is 0. The van der Waals surface area contributed by atoms with Gasteiger partial charge < -0.3 is 25.6 Å². The quantitative estimate of drug-likeness (QED) is 0.103.